The highest BCUT2D eigenvalue weighted by Gasteiger charge is 2.25. The van der Waals surface area contributed by atoms with E-state index in [4.69, 9.17) is 15.0 Å². The van der Waals surface area contributed by atoms with Crippen molar-refractivity contribution in [3.63, 3.8) is 0 Å². The zero-order valence-corrected chi connectivity index (χ0v) is 40.1. The number of para-hydroxylation sites is 2. The van der Waals surface area contributed by atoms with Crippen LogP contribution in [-0.4, -0.2) is 24.1 Å². The van der Waals surface area contributed by atoms with Gasteiger partial charge in [0, 0.05) is 54.9 Å². The number of benzene rings is 12. The summed E-state index contributed by atoms with van der Waals surface area (Å²) in [7, 11) is 0. The lowest BCUT2D eigenvalue weighted by Crippen LogP contribution is -2.04. The number of hydrogen-bond acceptors (Lipinski definition) is 3. The summed E-state index contributed by atoms with van der Waals surface area (Å²) >= 11 is 0. The van der Waals surface area contributed by atoms with Crippen LogP contribution in [0, 0.1) is 0 Å². The first-order valence-corrected chi connectivity index (χ1v) is 25.2. The van der Waals surface area contributed by atoms with Gasteiger partial charge in [-0.15, -0.1) is 0 Å². The number of nitrogens with zero attached hydrogens (tertiary/aromatic N) is 5. The first-order valence-electron chi connectivity index (χ1n) is 25.2. The summed E-state index contributed by atoms with van der Waals surface area (Å²) in [5, 5.41) is 11.6. The normalized spacial score (nSPS) is 11.8. The SMILES string of the molecule is c1ccc(-c2cccc(-c3cc(-c4nc(-c5ccccc5)nc(-c5cccc6c5c5ccccc5n6-c5ccccc5)n4)c4ccccc4c3-n3c4cc5ccccc5cc4c4c5ccccc5ccc43)c2)cc1. The first kappa shape index (κ1) is 41.8. The summed E-state index contributed by atoms with van der Waals surface area (Å²) in [6.45, 7) is 0. The Morgan fingerprint density at radius 2 is 0.797 bits per heavy atom. The fourth-order valence-electron chi connectivity index (χ4n) is 11.6. The molecule has 15 rings (SSSR count). The molecule has 0 radical (unpaired) electrons. The maximum absolute atomic E-state index is 5.61. The lowest BCUT2D eigenvalue weighted by Gasteiger charge is -2.21. The second-order valence-electron chi connectivity index (χ2n) is 19.1. The molecule has 0 aliphatic heterocycles. The quantitative estimate of drug-likeness (QED) is 0.160. The monoisotopic (exact) mass is 941 g/mol. The zero-order valence-electron chi connectivity index (χ0n) is 40.1. The molecule has 5 nitrogen and oxygen atoms in total. The topological polar surface area (TPSA) is 48.5 Å². The van der Waals surface area contributed by atoms with E-state index in [2.05, 4.69) is 252 Å². The third-order valence-electron chi connectivity index (χ3n) is 14.9. The standard InChI is InChI=1S/C69H43N5/c1-4-20-44(21-5-1)47-27-18-28-50(40-47)57-43-58(53-32-14-15-33-54(53)66(57)74-62-39-38-45-22-12-13-31-52(45)64(62)59-41-48-25-10-11-26-49(48)42-63(59)74)69-71-67(46-23-6-2-7-24-46)70-68(72-69)56-35-19-37-61-65(56)55-34-16-17-36-60(55)73(61)51-29-8-3-9-30-51/h1-43H. The fourth-order valence-corrected chi connectivity index (χ4v) is 11.6. The summed E-state index contributed by atoms with van der Waals surface area (Å²) in [5.41, 5.74) is 13.9. The average molecular weight is 942 g/mol. The van der Waals surface area contributed by atoms with Crippen LogP contribution in [0.3, 0.4) is 0 Å². The fraction of sp³-hybridized carbons (Fsp3) is 0. The molecular formula is C69H43N5. The highest BCUT2D eigenvalue weighted by atomic mass is 15.0. The van der Waals surface area contributed by atoms with Crippen molar-refractivity contribution in [3.8, 4) is 67.8 Å². The summed E-state index contributed by atoms with van der Waals surface area (Å²) in [4.78, 5) is 16.5. The van der Waals surface area contributed by atoms with Crippen LogP contribution in [-0.2, 0) is 0 Å². The Morgan fingerprint density at radius 3 is 1.58 bits per heavy atom. The molecule has 15 aromatic rings. The molecule has 0 N–H and O–H groups in total. The van der Waals surface area contributed by atoms with Gasteiger partial charge < -0.3 is 9.13 Å². The van der Waals surface area contributed by atoms with Gasteiger partial charge in [0.1, 0.15) is 0 Å². The van der Waals surface area contributed by atoms with Crippen LogP contribution < -0.4 is 0 Å². The van der Waals surface area contributed by atoms with Crippen LogP contribution in [0.15, 0.2) is 261 Å². The van der Waals surface area contributed by atoms with E-state index in [1.807, 2.05) is 18.2 Å². The summed E-state index contributed by atoms with van der Waals surface area (Å²) in [6.07, 6.45) is 0. The molecule has 0 aliphatic carbocycles. The summed E-state index contributed by atoms with van der Waals surface area (Å²) in [5.74, 6) is 1.81. The van der Waals surface area contributed by atoms with Gasteiger partial charge in [0.25, 0.3) is 0 Å². The zero-order chi connectivity index (χ0) is 48.7. The van der Waals surface area contributed by atoms with E-state index in [9.17, 15) is 0 Å². The maximum Gasteiger partial charge on any atom is 0.164 e. The van der Waals surface area contributed by atoms with E-state index in [0.717, 1.165) is 93.9 Å². The van der Waals surface area contributed by atoms with E-state index in [-0.39, 0.29) is 0 Å². The highest BCUT2D eigenvalue weighted by Crippen LogP contribution is 2.47. The predicted molar refractivity (Wildman–Crippen MR) is 308 cm³/mol. The Bertz CT molecular complexity index is 4710. The molecule has 5 heteroatoms. The van der Waals surface area contributed by atoms with Gasteiger partial charge in [0.2, 0.25) is 0 Å². The van der Waals surface area contributed by atoms with Crippen molar-refractivity contribution in [3.05, 3.63) is 261 Å². The van der Waals surface area contributed by atoms with Crippen molar-refractivity contribution in [2.75, 3.05) is 0 Å². The minimum absolute atomic E-state index is 0.597. The van der Waals surface area contributed by atoms with Crippen molar-refractivity contribution in [1.82, 2.24) is 24.1 Å². The number of aromatic nitrogens is 5. The third-order valence-corrected chi connectivity index (χ3v) is 14.9. The van der Waals surface area contributed by atoms with E-state index < -0.39 is 0 Å². The second kappa shape index (κ2) is 16.8. The Labute approximate surface area is 426 Å². The molecule has 0 atom stereocenters. The average Bonchev–Trinajstić information content (AvgIpc) is 3.99. The van der Waals surface area contributed by atoms with Crippen molar-refractivity contribution in [1.29, 1.82) is 0 Å². The molecule has 344 valence electrons. The molecule has 0 saturated heterocycles. The van der Waals surface area contributed by atoms with Gasteiger partial charge in [0.05, 0.1) is 27.8 Å². The first-order chi connectivity index (χ1) is 36.7. The molecule has 0 aliphatic rings. The van der Waals surface area contributed by atoms with Crippen LogP contribution >= 0.6 is 0 Å². The lowest BCUT2D eigenvalue weighted by molar-refractivity contribution is 1.08. The van der Waals surface area contributed by atoms with Gasteiger partial charge in [0.15, 0.2) is 17.5 Å². The maximum atomic E-state index is 5.61. The van der Waals surface area contributed by atoms with Crippen molar-refractivity contribution >= 4 is 75.9 Å². The van der Waals surface area contributed by atoms with E-state index >= 15 is 0 Å². The van der Waals surface area contributed by atoms with Gasteiger partial charge >= 0.3 is 0 Å². The Kier molecular flexibility index (Phi) is 9.50. The van der Waals surface area contributed by atoms with Crippen molar-refractivity contribution in [2.24, 2.45) is 0 Å². The number of rotatable bonds is 7. The van der Waals surface area contributed by atoms with Gasteiger partial charge in [-0.25, -0.2) is 15.0 Å². The van der Waals surface area contributed by atoms with Gasteiger partial charge in [-0.3, -0.25) is 0 Å². The number of hydrogen-bond donors (Lipinski definition) is 0. The molecule has 0 bridgehead atoms. The summed E-state index contributed by atoms with van der Waals surface area (Å²) in [6, 6.07) is 93.7. The van der Waals surface area contributed by atoms with Crippen LogP contribution in [0.25, 0.3) is 144 Å². The van der Waals surface area contributed by atoms with E-state index in [1.165, 1.54) is 32.3 Å². The van der Waals surface area contributed by atoms with Crippen LogP contribution in [0.5, 0.6) is 0 Å². The Hall–Kier alpha value is -9.97. The molecule has 0 fully saturated rings. The molecule has 0 saturated carbocycles. The van der Waals surface area contributed by atoms with E-state index in [0.29, 0.717) is 17.5 Å². The minimum Gasteiger partial charge on any atom is -0.309 e. The third kappa shape index (κ3) is 6.60. The smallest absolute Gasteiger partial charge is 0.164 e. The van der Waals surface area contributed by atoms with Gasteiger partial charge in [-0.2, -0.15) is 0 Å². The molecule has 0 spiro atoms. The largest absolute Gasteiger partial charge is 0.309 e. The Morgan fingerprint density at radius 1 is 0.243 bits per heavy atom. The molecule has 3 heterocycles. The van der Waals surface area contributed by atoms with Crippen LogP contribution in [0.1, 0.15) is 0 Å². The van der Waals surface area contributed by atoms with Crippen molar-refractivity contribution in [2.45, 2.75) is 0 Å². The predicted octanol–water partition coefficient (Wildman–Crippen LogP) is 17.9. The van der Waals surface area contributed by atoms with E-state index in [1.54, 1.807) is 0 Å². The summed E-state index contributed by atoms with van der Waals surface area (Å²) < 4.78 is 4.87. The molecule has 74 heavy (non-hydrogen) atoms. The number of fused-ring (bicyclic) bond motifs is 10. The molecule has 3 aromatic heterocycles. The molecule has 0 amide bonds. The molecule has 0 unspecified atom stereocenters. The Balaban J connectivity index is 1.06. The van der Waals surface area contributed by atoms with Crippen LogP contribution in [0.4, 0.5) is 0 Å². The van der Waals surface area contributed by atoms with Gasteiger partial charge in [-0.1, -0.05) is 206 Å². The highest BCUT2D eigenvalue weighted by molar-refractivity contribution is 6.24. The molecule has 12 aromatic carbocycles. The van der Waals surface area contributed by atoms with Crippen molar-refractivity contribution < 1.29 is 0 Å². The van der Waals surface area contributed by atoms with Gasteiger partial charge in [-0.05, 0) is 98.2 Å². The minimum atomic E-state index is 0.597. The second-order valence-corrected chi connectivity index (χ2v) is 19.1. The lowest BCUT2D eigenvalue weighted by atomic mass is 9.91. The van der Waals surface area contributed by atoms with Crippen LogP contribution in [0.2, 0.25) is 0 Å². The molecular weight excluding hydrogens is 899 g/mol.